The minimum absolute atomic E-state index is 0.0935. The number of piperidine rings is 1. The maximum absolute atomic E-state index is 10.9. The van der Waals surface area contributed by atoms with Crippen molar-refractivity contribution in [1.82, 2.24) is 4.90 Å². The molecule has 0 amide bonds. The molecule has 1 fully saturated rings. The lowest BCUT2D eigenvalue weighted by molar-refractivity contribution is -0.158. The third-order valence-electron chi connectivity index (χ3n) is 2.94. The van der Waals surface area contributed by atoms with E-state index >= 15 is 0 Å². The molecule has 0 radical (unpaired) electrons. The zero-order valence-electron chi connectivity index (χ0n) is 8.85. The Hall–Kier alpha value is -1.10. The average molecular weight is 215 g/mol. The fourth-order valence-electron chi connectivity index (χ4n) is 2.19. The van der Waals surface area contributed by atoms with Crippen LogP contribution in [0.25, 0.3) is 0 Å². The van der Waals surface area contributed by atoms with Crippen molar-refractivity contribution in [3.05, 3.63) is 0 Å². The number of carbonyl (C=O) groups is 2. The second-order valence-electron chi connectivity index (χ2n) is 3.87. The summed E-state index contributed by atoms with van der Waals surface area (Å²) in [5.41, 5.74) is 0. The molecular formula is C10H17NO4. The summed E-state index contributed by atoms with van der Waals surface area (Å²) in [6.07, 6.45) is 3.64. The zero-order valence-corrected chi connectivity index (χ0v) is 8.85. The van der Waals surface area contributed by atoms with Crippen molar-refractivity contribution in [3.63, 3.8) is 0 Å². The molecule has 1 aliphatic rings. The van der Waals surface area contributed by atoms with E-state index in [0.29, 0.717) is 6.54 Å². The Kier molecular flexibility index (Phi) is 4.08. The van der Waals surface area contributed by atoms with Gasteiger partial charge in [0.05, 0.1) is 0 Å². The Labute approximate surface area is 88.7 Å². The van der Waals surface area contributed by atoms with Crippen molar-refractivity contribution in [2.75, 3.05) is 6.54 Å². The van der Waals surface area contributed by atoms with Gasteiger partial charge in [-0.15, -0.1) is 0 Å². The Morgan fingerprint density at radius 3 is 2.40 bits per heavy atom. The van der Waals surface area contributed by atoms with Gasteiger partial charge in [0, 0.05) is 6.04 Å². The first kappa shape index (κ1) is 12.0. The number of nitrogens with zero attached hydrogens (tertiary/aromatic N) is 1. The van der Waals surface area contributed by atoms with E-state index in [1.54, 1.807) is 4.90 Å². The van der Waals surface area contributed by atoms with Crippen molar-refractivity contribution in [2.45, 2.75) is 44.7 Å². The normalized spacial score (nSPS) is 22.9. The van der Waals surface area contributed by atoms with Gasteiger partial charge in [-0.1, -0.05) is 13.3 Å². The van der Waals surface area contributed by atoms with Crippen molar-refractivity contribution in [2.24, 2.45) is 0 Å². The minimum atomic E-state index is -1.38. The number of hydrogen-bond acceptors (Lipinski definition) is 3. The molecule has 0 aromatic rings. The highest BCUT2D eigenvalue weighted by Crippen LogP contribution is 2.22. The van der Waals surface area contributed by atoms with Gasteiger partial charge in [-0.3, -0.25) is 4.90 Å². The van der Waals surface area contributed by atoms with Crippen LogP contribution in [-0.4, -0.2) is 45.7 Å². The third kappa shape index (κ3) is 2.68. The Morgan fingerprint density at radius 2 is 1.93 bits per heavy atom. The topological polar surface area (TPSA) is 77.8 Å². The molecule has 1 saturated heterocycles. The van der Waals surface area contributed by atoms with Gasteiger partial charge in [0.1, 0.15) is 0 Å². The van der Waals surface area contributed by atoms with Crippen LogP contribution >= 0.6 is 0 Å². The van der Waals surface area contributed by atoms with Crippen LogP contribution in [0.3, 0.4) is 0 Å². The molecule has 0 aromatic heterocycles. The molecule has 86 valence electrons. The van der Waals surface area contributed by atoms with Crippen molar-refractivity contribution in [3.8, 4) is 0 Å². The predicted octanol–water partition coefficient (Wildman–Crippen LogP) is 0.789. The lowest BCUT2D eigenvalue weighted by Crippen LogP contribution is -2.53. The highest BCUT2D eigenvalue weighted by atomic mass is 16.4. The smallest absolute Gasteiger partial charge is 0.332 e. The van der Waals surface area contributed by atoms with Crippen LogP contribution in [0.5, 0.6) is 0 Å². The van der Waals surface area contributed by atoms with E-state index in [0.717, 1.165) is 25.7 Å². The Balaban J connectivity index is 2.80. The molecule has 1 rings (SSSR count). The molecule has 0 saturated carbocycles. The number of carboxylic acids is 2. The second kappa shape index (κ2) is 5.11. The molecular weight excluding hydrogens is 198 g/mol. The lowest BCUT2D eigenvalue weighted by atomic mass is 9.98. The molecule has 1 unspecified atom stereocenters. The Bertz CT molecular complexity index is 240. The first-order valence-electron chi connectivity index (χ1n) is 5.29. The van der Waals surface area contributed by atoms with E-state index in [-0.39, 0.29) is 6.04 Å². The number of hydrogen-bond donors (Lipinski definition) is 2. The molecule has 5 nitrogen and oxygen atoms in total. The monoisotopic (exact) mass is 215 g/mol. The molecule has 5 heteroatoms. The highest BCUT2D eigenvalue weighted by Gasteiger charge is 2.37. The Morgan fingerprint density at radius 1 is 1.33 bits per heavy atom. The highest BCUT2D eigenvalue weighted by molar-refractivity contribution is 5.97. The SMILES string of the molecule is CCC1CCCCN1C(C(=O)O)C(=O)O. The molecule has 1 atom stereocenters. The van der Waals surface area contributed by atoms with Crippen LogP contribution in [0.2, 0.25) is 0 Å². The van der Waals surface area contributed by atoms with Gasteiger partial charge in [-0.25, -0.2) is 9.59 Å². The van der Waals surface area contributed by atoms with E-state index in [9.17, 15) is 9.59 Å². The summed E-state index contributed by atoms with van der Waals surface area (Å²) >= 11 is 0. The van der Waals surface area contributed by atoms with Crippen LogP contribution in [0, 0.1) is 0 Å². The lowest BCUT2D eigenvalue weighted by Gasteiger charge is -2.37. The maximum atomic E-state index is 10.9. The average Bonchev–Trinajstić information content (AvgIpc) is 2.17. The largest absolute Gasteiger partial charge is 0.480 e. The van der Waals surface area contributed by atoms with E-state index in [1.165, 1.54) is 0 Å². The number of rotatable bonds is 4. The van der Waals surface area contributed by atoms with Crippen molar-refractivity contribution >= 4 is 11.9 Å². The predicted molar refractivity (Wildman–Crippen MR) is 53.7 cm³/mol. The van der Waals surface area contributed by atoms with Gasteiger partial charge in [0.2, 0.25) is 6.04 Å². The quantitative estimate of drug-likeness (QED) is 0.678. The van der Waals surface area contributed by atoms with E-state index < -0.39 is 18.0 Å². The summed E-state index contributed by atoms with van der Waals surface area (Å²) in [4.78, 5) is 23.4. The summed E-state index contributed by atoms with van der Waals surface area (Å²) in [7, 11) is 0. The first-order valence-corrected chi connectivity index (χ1v) is 5.29. The molecule has 1 heterocycles. The summed E-state index contributed by atoms with van der Waals surface area (Å²) in [6, 6.07) is -1.29. The molecule has 0 aliphatic carbocycles. The van der Waals surface area contributed by atoms with Gasteiger partial charge < -0.3 is 10.2 Å². The van der Waals surface area contributed by atoms with Crippen LogP contribution in [0.4, 0.5) is 0 Å². The molecule has 1 aliphatic heterocycles. The van der Waals surface area contributed by atoms with Crippen molar-refractivity contribution in [1.29, 1.82) is 0 Å². The van der Waals surface area contributed by atoms with Gasteiger partial charge in [-0.2, -0.15) is 0 Å². The van der Waals surface area contributed by atoms with Gasteiger partial charge in [-0.05, 0) is 25.8 Å². The van der Waals surface area contributed by atoms with Gasteiger partial charge in [0.15, 0.2) is 0 Å². The van der Waals surface area contributed by atoms with Gasteiger partial charge in [0.25, 0.3) is 0 Å². The van der Waals surface area contributed by atoms with Crippen LogP contribution in [-0.2, 0) is 9.59 Å². The van der Waals surface area contributed by atoms with Gasteiger partial charge >= 0.3 is 11.9 Å². The first-order chi connectivity index (χ1) is 7.07. The summed E-state index contributed by atoms with van der Waals surface area (Å²) in [5.74, 6) is -2.52. The summed E-state index contributed by atoms with van der Waals surface area (Å²) < 4.78 is 0. The fourth-order valence-corrected chi connectivity index (χ4v) is 2.19. The molecule has 2 N–H and O–H groups in total. The molecule has 0 aromatic carbocycles. The molecule has 0 spiro atoms. The zero-order chi connectivity index (χ0) is 11.4. The number of likely N-dealkylation sites (tertiary alicyclic amines) is 1. The maximum Gasteiger partial charge on any atom is 0.332 e. The summed E-state index contributed by atoms with van der Waals surface area (Å²) in [5, 5.41) is 17.8. The third-order valence-corrected chi connectivity index (χ3v) is 2.94. The van der Waals surface area contributed by atoms with E-state index in [4.69, 9.17) is 10.2 Å². The van der Waals surface area contributed by atoms with E-state index in [1.807, 2.05) is 6.92 Å². The number of aliphatic carboxylic acids is 2. The molecule has 15 heavy (non-hydrogen) atoms. The number of carboxylic acid groups (broad SMARTS) is 2. The van der Waals surface area contributed by atoms with E-state index in [2.05, 4.69) is 0 Å². The van der Waals surface area contributed by atoms with Crippen LogP contribution < -0.4 is 0 Å². The summed E-state index contributed by atoms with van der Waals surface area (Å²) in [6.45, 7) is 2.53. The standard InChI is InChI=1S/C10H17NO4/c1-2-7-5-3-4-6-11(7)8(9(12)13)10(14)15/h7-8H,2-6H2,1H3,(H,12,13)(H,14,15). The van der Waals surface area contributed by atoms with Crippen LogP contribution in [0.1, 0.15) is 32.6 Å². The second-order valence-corrected chi connectivity index (χ2v) is 3.87. The fraction of sp³-hybridized carbons (Fsp3) is 0.800. The minimum Gasteiger partial charge on any atom is -0.480 e. The van der Waals surface area contributed by atoms with Crippen molar-refractivity contribution < 1.29 is 19.8 Å². The van der Waals surface area contributed by atoms with Crippen LogP contribution in [0.15, 0.2) is 0 Å². The molecule has 0 bridgehead atoms.